The second-order valence-corrected chi connectivity index (χ2v) is 5.54. The van der Waals surface area contributed by atoms with Crippen LogP contribution in [-0.4, -0.2) is 42.7 Å². The molecule has 0 unspecified atom stereocenters. The lowest BCUT2D eigenvalue weighted by atomic mass is 10.0. The van der Waals surface area contributed by atoms with Gasteiger partial charge < -0.3 is 14.9 Å². The van der Waals surface area contributed by atoms with E-state index < -0.39 is 0 Å². The minimum atomic E-state index is -0.382. The SMILES string of the molecule is CCN1CCC(N(C)c2ccc([C@H](C)O)cc2)CC1. The van der Waals surface area contributed by atoms with E-state index in [9.17, 15) is 5.11 Å². The van der Waals surface area contributed by atoms with Crippen LogP contribution in [0.4, 0.5) is 5.69 Å². The maximum Gasteiger partial charge on any atom is 0.0761 e. The smallest absolute Gasteiger partial charge is 0.0761 e. The Labute approximate surface area is 116 Å². The third-order valence-corrected chi connectivity index (χ3v) is 4.33. The molecule has 0 saturated carbocycles. The first-order valence-electron chi connectivity index (χ1n) is 7.35. The van der Waals surface area contributed by atoms with Gasteiger partial charge in [-0.2, -0.15) is 0 Å². The van der Waals surface area contributed by atoms with Crippen molar-refractivity contribution in [2.24, 2.45) is 0 Å². The van der Waals surface area contributed by atoms with Crippen molar-refractivity contribution in [2.75, 3.05) is 31.6 Å². The third-order valence-electron chi connectivity index (χ3n) is 4.33. The molecule has 3 nitrogen and oxygen atoms in total. The summed E-state index contributed by atoms with van der Waals surface area (Å²) < 4.78 is 0. The van der Waals surface area contributed by atoms with Gasteiger partial charge in [0, 0.05) is 31.9 Å². The van der Waals surface area contributed by atoms with Crippen LogP contribution in [0.15, 0.2) is 24.3 Å². The monoisotopic (exact) mass is 262 g/mol. The Kier molecular flexibility index (Phi) is 4.83. The largest absolute Gasteiger partial charge is 0.389 e. The first-order valence-corrected chi connectivity index (χ1v) is 7.35. The molecule has 0 aliphatic carbocycles. The van der Waals surface area contributed by atoms with Crippen LogP contribution in [0, 0.1) is 0 Å². The molecule has 0 radical (unpaired) electrons. The summed E-state index contributed by atoms with van der Waals surface area (Å²) in [6, 6.07) is 8.93. The molecular formula is C16H26N2O. The van der Waals surface area contributed by atoms with E-state index in [0.717, 1.165) is 5.56 Å². The summed E-state index contributed by atoms with van der Waals surface area (Å²) in [4.78, 5) is 4.90. The summed E-state index contributed by atoms with van der Waals surface area (Å²) in [7, 11) is 2.18. The Bertz CT molecular complexity index is 380. The molecule has 19 heavy (non-hydrogen) atoms. The zero-order valence-corrected chi connectivity index (χ0v) is 12.3. The van der Waals surface area contributed by atoms with E-state index in [-0.39, 0.29) is 6.10 Å². The first kappa shape index (κ1) is 14.4. The first-order chi connectivity index (χ1) is 9.11. The Hall–Kier alpha value is -1.06. The van der Waals surface area contributed by atoms with Crippen LogP contribution in [-0.2, 0) is 0 Å². The van der Waals surface area contributed by atoms with Crippen molar-refractivity contribution in [3.63, 3.8) is 0 Å². The Morgan fingerprint density at radius 3 is 2.32 bits per heavy atom. The van der Waals surface area contributed by atoms with Crippen molar-refractivity contribution >= 4 is 5.69 Å². The van der Waals surface area contributed by atoms with Crippen LogP contribution in [0.1, 0.15) is 38.4 Å². The average molecular weight is 262 g/mol. The van der Waals surface area contributed by atoms with Crippen molar-refractivity contribution in [2.45, 2.75) is 38.8 Å². The molecule has 1 fully saturated rings. The highest BCUT2D eigenvalue weighted by Gasteiger charge is 2.21. The van der Waals surface area contributed by atoms with Gasteiger partial charge in [-0.1, -0.05) is 19.1 Å². The standard InChI is InChI=1S/C16H26N2O/c1-4-18-11-9-16(10-12-18)17(3)15-7-5-14(6-8-15)13(2)19/h5-8,13,16,19H,4,9-12H2,1-3H3/t13-/m0/s1. The predicted octanol–water partition coefficient (Wildman–Crippen LogP) is 2.66. The van der Waals surface area contributed by atoms with E-state index in [0.29, 0.717) is 6.04 Å². The minimum absolute atomic E-state index is 0.382. The molecule has 1 saturated heterocycles. The van der Waals surface area contributed by atoms with Gasteiger partial charge in [0.15, 0.2) is 0 Å². The number of aliphatic hydroxyl groups is 1. The highest BCUT2D eigenvalue weighted by molar-refractivity contribution is 5.48. The summed E-state index contributed by atoms with van der Waals surface area (Å²) >= 11 is 0. The van der Waals surface area contributed by atoms with Crippen molar-refractivity contribution in [1.29, 1.82) is 0 Å². The molecule has 1 aliphatic heterocycles. The fraction of sp³-hybridized carbons (Fsp3) is 0.625. The fourth-order valence-electron chi connectivity index (χ4n) is 2.82. The summed E-state index contributed by atoms with van der Waals surface area (Å²) in [5.74, 6) is 0. The van der Waals surface area contributed by atoms with Gasteiger partial charge in [-0.05, 0) is 44.0 Å². The van der Waals surface area contributed by atoms with Gasteiger partial charge >= 0.3 is 0 Å². The van der Waals surface area contributed by atoms with Crippen molar-refractivity contribution in [3.8, 4) is 0 Å². The van der Waals surface area contributed by atoms with Crippen molar-refractivity contribution in [3.05, 3.63) is 29.8 Å². The van der Waals surface area contributed by atoms with Gasteiger partial charge in [0.2, 0.25) is 0 Å². The second kappa shape index (κ2) is 6.40. The van der Waals surface area contributed by atoms with Crippen LogP contribution in [0.2, 0.25) is 0 Å². The molecule has 1 aromatic carbocycles. The highest BCUT2D eigenvalue weighted by atomic mass is 16.3. The minimum Gasteiger partial charge on any atom is -0.389 e. The quantitative estimate of drug-likeness (QED) is 0.903. The van der Waals surface area contributed by atoms with Crippen molar-refractivity contribution < 1.29 is 5.11 Å². The molecule has 3 heteroatoms. The molecular weight excluding hydrogens is 236 g/mol. The number of hydrogen-bond donors (Lipinski definition) is 1. The lowest BCUT2D eigenvalue weighted by Crippen LogP contribution is -2.43. The van der Waals surface area contributed by atoms with Crippen molar-refractivity contribution in [1.82, 2.24) is 4.90 Å². The number of aliphatic hydroxyl groups excluding tert-OH is 1. The second-order valence-electron chi connectivity index (χ2n) is 5.54. The summed E-state index contributed by atoms with van der Waals surface area (Å²) in [5, 5.41) is 9.54. The zero-order chi connectivity index (χ0) is 13.8. The van der Waals surface area contributed by atoms with Crippen LogP contribution in [0.5, 0.6) is 0 Å². The van der Waals surface area contributed by atoms with Gasteiger partial charge in [-0.15, -0.1) is 0 Å². The molecule has 1 heterocycles. The number of benzene rings is 1. The molecule has 0 aromatic heterocycles. The molecule has 1 aliphatic rings. The molecule has 1 aromatic rings. The predicted molar refractivity (Wildman–Crippen MR) is 80.6 cm³/mol. The molecule has 0 spiro atoms. The number of rotatable bonds is 4. The van der Waals surface area contributed by atoms with Crippen LogP contribution >= 0.6 is 0 Å². The Morgan fingerprint density at radius 2 is 1.84 bits per heavy atom. The number of piperidine rings is 1. The van der Waals surface area contributed by atoms with E-state index in [4.69, 9.17) is 0 Å². The van der Waals surface area contributed by atoms with Crippen LogP contribution in [0.25, 0.3) is 0 Å². The molecule has 1 atom stereocenters. The molecule has 106 valence electrons. The van der Waals surface area contributed by atoms with Gasteiger partial charge in [0.25, 0.3) is 0 Å². The van der Waals surface area contributed by atoms with Gasteiger partial charge in [-0.25, -0.2) is 0 Å². The summed E-state index contributed by atoms with van der Waals surface area (Å²) in [5.41, 5.74) is 2.23. The average Bonchev–Trinajstić information content (AvgIpc) is 2.46. The van der Waals surface area contributed by atoms with Crippen LogP contribution < -0.4 is 4.90 Å². The molecule has 2 rings (SSSR count). The van der Waals surface area contributed by atoms with Gasteiger partial charge in [-0.3, -0.25) is 0 Å². The van der Waals surface area contributed by atoms with E-state index in [1.165, 1.54) is 38.2 Å². The summed E-state index contributed by atoms with van der Waals surface area (Å²) in [6.45, 7) is 7.62. The lowest BCUT2D eigenvalue weighted by molar-refractivity contribution is 0.199. The maximum absolute atomic E-state index is 9.54. The van der Waals surface area contributed by atoms with Gasteiger partial charge in [0.05, 0.1) is 6.10 Å². The van der Waals surface area contributed by atoms with Gasteiger partial charge in [0.1, 0.15) is 0 Å². The lowest BCUT2D eigenvalue weighted by Gasteiger charge is -2.37. The van der Waals surface area contributed by atoms with Crippen LogP contribution in [0.3, 0.4) is 0 Å². The number of anilines is 1. The fourth-order valence-corrected chi connectivity index (χ4v) is 2.82. The van der Waals surface area contributed by atoms with E-state index in [1.54, 1.807) is 6.92 Å². The zero-order valence-electron chi connectivity index (χ0n) is 12.3. The molecule has 1 N–H and O–H groups in total. The maximum atomic E-state index is 9.54. The Morgan fingerprint density at radius 1 is 1.26 bits per heavy atom. The molecule has 0 amide bonds. The number of hydrogen-bond acceptors (Lipinski definition) is 3. The highest BCUT2D eigenvalue weighted by Crippen LogP contribution is 2.23. The molecule has 0 bridgehead atoms. The van der Waals surface area contributed by atoms with E-state index in [2.05, 4.69) is 35.9 Å². The third kappa shape index (κ3) is 3.48. The topological polar surface area (TPSA) is 26.7 Å². The number of likely N-dealkylation sites (tertiary alicyclic amines) is 1. The Balaban J connectivity index is 1.97. The summed E-state index contributed by atoms with van der Waals surface area (Å²) in [6.07, 6.45) is 2.09. The number of nitrogens with zero attached hydrogens (tertiary/aromatic N) is 2. The normalized spacial score (nSPS) is 19.4. The van der Waals surface area contributed by atoms with E-state index in [1.807, 2.05) is 12.1 Å². The van der Waals surface area contributed by atoms with E-state index >= 15 is 0 Å².